The highest BCUT2D eigenvalue weighted by Crippen LogP contribution is 2.39. The maximum atomic E-state index is 5.92. The number of fused-ring (bicyclic) bond motifs is 3. The van der Waals surface area contributed by atoms with Crippen molar-refractivity contribution in [3.8, 4) is 17.3 Å². The minimum atomic E-state index is 0.556. The summed E-state index contributed by atoms with van der Waals surface area (Å²) in [4.78, 5) is 22.5. The Morgan fingerprint density at radius 2 is 1.72 bits per heavy atom. The Morgan fingerprint density at radius 1 is 1.00 bits per heavy atom. The van der Waals surface area contributed by atoms with Gasteiger partial charge in [0.1, 0.15) is 15.0 Å². The molecular formula is C24H30N6OS. The normalized spacial score (nSPS) is 13.8. The summed E-state index contributed by atoms with van der Waals surface area (Å²) >= 11 is 1.58. The lowest BCUT2D eigenvalue weighted by atomic mass is 10.1. The first kappa shape index (κ1) is 22.4. The molecule has 32 heavy (non-hydrogen) atoms. The summed E-state index contributed by atoms with van der Waals surface area (Å²) in [5, 5.41) is 4.37. The van der Waals surface area contributed by atoms with Gasteiger partial charge < -0.3 is 15.0 Å². The van der Waals surface area contributed by atoms with E-state index in [4.69, 9.17) is 24.7 Å². The van der Waals surface area contributed by atoms with Gasteiger partial charge in [-0.15, -0.1) is 11.3 Å². The van der Waals surface area contributed by atoms with Crippen molar-refractivity contribution in [3.05, 3.63) is 35.5 Å². The molecule has 8 heteroatoms. The fourth-order valence-electron chi connectivity index (χ4n) is 3.74. The van der Waals surface area contributed by atoms with Crippen molar-refractivity contribution in [3.63, 3.8) is 0 Å². The van der Waals surface area contributed by atoms with E-state index in [1.165, 1.54) is 5.56 Å². The summed E-state index contributed by atoms with van der Waals surface area (Å²) in [6.45, 7) is 14.3. The molecule has 168 valence electrons. The molecule has 0 aliphatic carbocycles. The van der Waals surface area contributed by atoms with Crippen molar-refractivity contribution in [1.82, 2.24) is 25.3 Å². The van der Waals surface area contributed by atoms with Crippen LogP contribution in [0.2, 0.25) is 0 Å². The molecule has 0 atom stereocenters. The fraction of sp³-hybridized carbons (Fsp3) is 0.417. The van der Waals surface area contributed by atoms with E-state index < -0.39 is 0 Å². The quantitative estimate of drug-likeness (QED) is 0.481. The molecule has 0 saturated carbocycles. The van der Waals surface area contributed by atoms with E-state index in [2.05, 4.69) is 41.4 Å². The Morgan fingerprint density at radius 3 is 2.41 bits per heavy atom. The number of benzene rings is 1. The second-order valence-electron chi connectivity index (χ2n) is 7.46. The summed E-state index contributed by atoms with van der Waals surface area (Å²) in [7, 11) is 0. The van der Waals surface area contributed by atoms with Gasteiger partial charge in [0.2, 0.25) is 11.8 Å². The average Bonchev–Trinajstić information content (AvgIpc) is 3.21. The first-order chi connectivity index (χ1) is 15.6. The molecule has 7 nitrogen and oxygen atoms in total. The third-order valence-electron chi connectivity index (χ3n) is 5.31. The van der Waals surface area contributed by atoms with Gasteiger partial charge in [0, 0.05) is 31.7 Å². The van der Waals surface area contributed by atoms with Gasteiger partial charge in [0.15, 0.2) is 5.82 Å². The van der Waals surface area contributed by atoms with E-state index >= 15 is 0 Å². The van der Waals surface area contributed by atoms with Gasteiger partial charge in [-0.05, 0) is 20.8 Å². The standard InChI is InChI=1S/C22H24N6OS.C2H6/c1-4-29-20-18-17(25-22(27-20)28-11-9-23-10-12-28)16-14(3)24-19(26-21(16)30-18)15-7-5-13(2)6-8-15;1-2/h5-8,23H,4,9-12H2,1-3H3;1-2H3. The van der Waals surface area contributed by atoms with Crippen molar-refractivity contribution in [2.45, 2.75) is 34.6 Å². The molecule has 4 aromatic rings. The zero-order valence-electron chi connectivity index (χ0n) is 19.4. The number of rotatable bonds is 4. The Kier molecular flexibility index (Phi) is 6.81. The highest BCUT2D eigenvalue weighted by molar-refractivity contribution is 7.25. The molecule has 5 rings (SSSR count). The van der Waals surface area contributed by atoms with Crippen LogP contribution in [0.1, 0.15) is 32.0 Å². The maximum Gasteiger partial charge on any atom is 0.236 e. The second kappa shape index (κ2) is 9.75. The van der Waals surface area contributed by atoms with Crippen LogP contribution in [0, 0.1) is 13.8 Å². The highest BCUT2D eigenvalue weighted by atomic mass is 32.1. The third-order valence-corrected chi connectivity index (χ3v) is 6.37. The van der Waals surface area contributed by atoms with E-state index in [-0.39, 0.29) is 0 Å². The number of aryl methyl sites for hydroxylation is 2. The van der Waals surface area contributed by atoms with Crippen LogP contribution >= 0.6 is 11.3 Å². The van der Waals surface area contributed by atoms with Crippen molar-refractivity contribution in [2.24, 2.45) is 0 Å². The molecule has 1 N–H and O–H groups in total. The van der Waals surface area contributed by atoms with E-state index in [1.54, 1.807) is 11.3 Å². The third kappa shape index (κ3) is 4.25. The van der Waals surface area contributed by atoms with Crippen LogP contribution in [0.3, 0.4) is 0 Å². The van der Waals surface area contributed by atoms with Gasteiger partial charge in [-0.25, -0.2) is 15.0 Å². The molecule has 0 radical (unpaired) electrons. The van der Waals surface area contributed by atoms with E-state index in [0.717, 1.165) is 63.7 Å². The molecule has 4 heterocycles. The number of nitrogens with one attached hydrogen (secondary N) is 1. The number of aromatic nitrogens is 4. The van der Waals surface area contributed by atoms with Crippen molar-refractivity contribution in [2.75, 3.05) is 37.7 Å². The van der Waals surface area contributed by atoms with Crippen LogP contribution in [0.4, 0.5) is 5.95 Å². The van der Waals surface area contributed by atoms with Gasteiger partial charge in [-0.3, -0.25) is 0 Å². The number of ether oxygens (including phenoxy) is 1. The van der Waals surface area contributed by atoms with Gasteiger partial charge in [0.05, 0.1) is 17.7 Å². The largest absolute Gasteiger partial charge is 0.477 e. The SMILES string of the molecule is CC.CCOc1nc(N2CCNCC2)nc2c1sc1nc(-c3ccc(C)cc3)nc(C)c12. The van der Waals surface area contributed by atoms with Gasteiger partial charge >= 0.3 is 0 Å². The second-order valence-corrected chi connectivity index (χ2v) is 8.46. The predicted octanol–water partition coefficient (Wildman–Crippen LogP) is 4.75. The van der Waals surface area contributed by atoms with Crippen molar-refractivity contribution >= 4 is 37.7 Å². The lowest BCUT2D eigenvalue weighted by Crippen LogP contribution is -2.44. The Bertz CT molecular complexity index is 1220. The van der Waals surface area contributed by atoms with Crippen LogP contribution < -0.4 is 15.0 Å². The van der Waals surface area contributed by atoms with E-state index in [1.807, 2.05) is 27.7 Å². The van der Waals surface area contributed by atoms with Crippen molar-refractivity contribution in [1.29, 1.82) is 0 Å². The maximum absolute atomic E-state index is 5.92. The highest BCUT2D eigenvalue weighted by Gasteiger charge is 2.22. The molecular weight excluding hydrogens is 420 g/mol. The number of nitrogens with zero attached hydrogens (tertiary/aromatic N) is 5. The zero-order chi connectivity index (χ0) is 22.7. The number of thiophene rings is 1. The average molecular weight is 451 g/mol. The molecule has 3 aromatic heterocycles. The topological polar surface area (TPSA) is 76.1 Å². The van der Waals surface area contributed by atoms with Crippen LogP contribution in [0.5, 0.6) is 5.88 Å². The molecule has 1 saturated heterocycles. The van der Waals surface area contributed by atoms with Gasteiger partial charge in [-0.2, -0.15) is 4.98 Å². The molecule has 1 fully saturated rings. The Hall–Kier alpha value is -2.84. The Labute approximate surface area is 192 Å². The lowest BCUT2D eigenvalue weighted by Gasteiger charge is -2.27. The molecule has 1 aromatic carbocycles. The van der Waals surface area contributed by atoms with Crippen LogP contribution in [0.25, 0.3) is 31.8 Å². The molecule has 0 bridgehead atoms. The molecule has 0 spiro atoms. The minimum absolute atomic E-state index is 0.556. The Balaban J connectivity index is 0.00000119. The molecule has 0 amide bonds. The zero-order valence-corrected chi connectivity index (χ0v) is 20.2. The smallest absolute Gasteiger partial charge is 0.236 e. The summed E-state index contributed by atoms with van der Waals surface area (Å²) in [5.74, 6) is 2.09. The van der Waals surface area contributed by atoms with Crippen LogP contribution in [-0.2, 0) is 0 Å². The fourth-order valence-corrected chi connectivity index (χ4v) is 4.85. The monoisotopic (exact) mass is 450 g/mol. The lowest BCUT2D eigenvalue weighted by molar-refractivity contribution is 0.331. The molecule has 0 unspecified atom stereocenters. The summed E-state index contributed by atoms with van der Waals surface area (Å²) < 4.78 is 6.85. The van der Waals surface area contributed by atoms with Crippen LogP contribution in [0.15, 0.2) is 24.3 Å². The van der Waals surface area contributed by atoms with Gasteiger partial charge in [0.25, 0.3) is 0 Å². The summed E-state index contributed by atoms with van der Waals surface area (Å²) in [6, 6.07) is 8.30. The molecule has 1 aliphatic rings. The number of hydrogen-bond donors (Lipinski definition) is 1. The van der Waals surface area contributed by atoms with Crippen molar-refractivity contribution < 1.29 is 4.74 Å². The first-order valence-corrected chi connectivity index (χ1v) is 12.1. The predicted molar refractivity (Wildman–Crippen MR) is 133 cm³/mol. The van der Waals surface area contributed by atoms with Crippen LogP contribution in [-0.4, -0.2) is 52.7 Å². The number of hydrogen-bond acceptors (Lipinski definition) is 8. The number of piperazine rings is 1. The summed E-state index contributed by atoms with van der Waals surface area (Å²) in [6.07, 6.45) is 0. The van der Waals surface area contributed by atoms with Gasteiger partial charge in [-0.1, -0.05) is 43.7 Å². The molecule has 1 aliphatic heterocycles. The summed E-state index contributed by atoms with van der Waals surface area (Å²) in [5.41, 5.74) is 4.04. The van der Waals surface area contributed by atoms with E-state index in [0.29, 0.717) is 18.4 Å². The van der Waals surface area contributed by atoms with E-state index in [9.17, 15) is 0 Å². The minimum Gasteiger partial charge on any atom is -0.477 e. The number of anilines is 1. The first-order valence-electron chi connectivity index (χ1n) is 11.3.